The molecule has 1 aromatic heterocycles. The Kier molecular flexibility index (Phi) is 4.44. The third-order valence-electron chi connectivity index (χ3n) is 3.73. The lowest BCUT2D eigenvalue weighted by molar-refractivity contribution is 0.0714. The molecule has 0 saturated heterocycles. The van der Waals surface area contributed by atoms with E-state index in [2.05, 4.69) is 4.98 Å². The molecule has 3 rings (SSSR count). The summed E-state index contributed by atoms with van der Waals surface area (Å²) in [4.78, 5) is 4.30. The number of hydrogen-bond donors (Lipinski definition) is 1. The molecule has 2 aromatic carbocycles. The van der Waals surface area contributed by atoms with Gasteiger partial charge < -0.3 is 19.0 Å². The molecule has 0 bridgehead atoms. The molecule has 1 N–H and O–H groups in total. The van der Waals surface area contributed by atoms with E-state index in [1.54, 1.807) is 21.0 Å². The predicted molar refractivity (Wildman–Crippen MR) is 91.7 cm³/mol. The summed E-state index contributed by atoms with van der Waals surface area (Å²) in [6.45, 7) is 3.60. The molecule has 0 saturated carbocycles. The van der Waals surface area contributed by atoms with Gasteiger partial charge in [0.2, 0.25) is 0 Å². The van der Waals surface area contributed by atoms with Gasteiger partial charge in [-0.3, -0.25) is 0 Å². The zero-order valence-corrected chi connectivity index (χ0v) is 14.1. The Morgan fingerprint density at radius 2 is 1.92 bits per heavy atom. The fraction of sp³-hybridized carbons (Fsp3) is 0.316. The van der Waals surface area contributed by atoms with Crippen molar-refractivity contribution in [3.8, 4) is 17.6 Å². The van der Waals surface area contributed by atoms with Crippen LogP contribution in [0.15, 0.2) is 46.9 Å². The smallest absolute Gasteiger partial charge is 0.400 e. The second kappa shape index (κ2) is 6.53. The first kappa shape index (κ1) is 16.3. The van der Waals surface area contributed by atoms with Gasteiger partial charge in [-0.2, -0.15) is 4.98 Å². The van der Waals surface area contributed by atoms with Crippen molar-refractivity contribution < 1.29 is 19.0 Å². The van der Waals surface area contributed by atoms with Crippen LogP contribution in [-0.2, 0) is 6.42 Å². The summed E-state index contributed by atoms with van der Waals surface area (Å²) in [5.41, 5.74) is 1.79. The summed E-state index contributed by atoms with van der Waals surface area (Å²) in [7, 11) is 1.59. The number of oxazole rings is 1. The SMILES string of the molecule is COc1cc(CCC(C)(C)O)ccc1Oc1nc2ccccc2o1. The molecule has 0 radical (unpaired) electrons. The van der Waals surface area contributed by atoms with Crippen molar-refractivity contribution in [1.29, 1.82) is 0 Å². The maximum absolute atomic E-state index is 9.85. The number of aryl methyl sites for hydroxylation is 1. The van der Waals surface area contributed by atoms with Gasteiger partial charge in [0.25, 0.3) is 0 Å². The molecular formula is C19H21NO4. The van der Waals surface area contributed by atoms with Crippen LogP contribution in [0.1, 0.15) is 25.8 Å². The molecule has 0 amide bonds. The first-order valence-corrected chi connectivity index (χ1v) is 7.87. The molecule has 0 spiro atoms. The molecule has 1 heterocycles. The minimum absolute atomic E-state index is 0.179. The Balaban J connectivity index is 1.80. The lowest BCUT2D eigenvalue weighted by Gasteiger charge is -2.17. The maximum Gasteiger partial charge on any atom is 0.400 e. The molecule has 0 aliphatic carbocycles. The molecular weight excluding hydrogens is 306 g/mol. The van der Waals surface area contributed by atoms with Crippen LogP contribution >= 0.6 is 0 Å². The van der Waals surface area contributed by atoms with Gasteiger partial charge in [0, 0.05) is 0 Å². The van der Waals surface area contributed by atoms with E-state index in [0.717, 1.165) is 17.5 Å². The summed E-state index contributed by atoms with van der Waals surface area (Å²) in [5, 5.41) is 9.85. The lowest BCUT2D eigenvalue weighted by atomic mass is 9.99. The zero-order chi connectivity index (χ0) is 17.2. The number of nitrogens with zero attached hydrogens (tertiary/aromatic N) is 1. The van der Waals surface area contributed by atoms with Crippen molar-refractivity contribution in [1.82, 2.24) is 4.98 Å². The van der Waals surface area contributed by atoms with Crippen LogP contribution < -0.4 is 9.47 Å². The molecule has 0 aliphatic heterocycles. The largest absolute Gasteiger partial charge is 0.493 e. The van der Waals surface area contributed by atoms with Gasteiger partial charge in [-0.25, -0.2) is 0 Å². The monoisotopic (exact) mass is 327 g/mol. The highest BCUT2D eigenvalue weighted by Gasteiger charge is 2.15. The van der Waals surface area contributed by atoms with Gasteiger partial charge in [0.05, 0.1) is 12.7 Å². The van der Waals surface area contributed by atoms with E-state index in [0.29, 0.717) is 23.5 Å². The maximum atomic E-state index is 9.85. The topological polar surface area (TPSA) is 64.7 Å². The highest BCUT2D eigenvalue weighted by molar-refractivity contribution is 5.72. The molecule has 5 heteroatoms. The van der Waals surface area contributed by atoms with E-state index in [1.165, 1.54) is 0 Å². The minimum atomic E-state index is -0.694. The minimum Gasteiger partial charge on any atom is -0.493 e. The molecule has 0 unspecified atom stereocenters. The number of aliphatic hydroxyl groups is 1. The van der Waals surface area contributed by atoms with Crippen molar-refractivity contribution in [2.75, 3.05) is 7.11 Å². The number of benzene rings is 2. The quantitative estimate of drug-likeness (QED) is 0.730. The van der Waals surface area contributed by atoms with Crippen molar-refractivity contribution in [3.05, 3.63) is 48.0 Å². The number of fused-ring (bicyclic) bond motifs is 1. The average molecular weight is 327 g/mol. The first-order valence-electron chi connectivity index (χ1n) is 7.87. The van der Waals surface area contributed by atoms with E-state index in [9.17, 15) is 5.11 Å². The fourth-order valence-electron chi connectivity index (χ4n) is 2.39. The van der Waals surface area contributed by atoms with E-state index in [1.807, 2.05) is 42.5 Å². The highest BCUT2D eigenvalue weighted by Crippen LogP contribution is 2.33. The molecule has 126 valence electrons. The zero-order valence-electron chi connectivity index (χ0n) is 14.1. The second-order valence-corrected chi connectivity index (χ2v) is 6.35. The lowest BCUT2D eigenvalue weighted by Crippen LogP contribution is -2.19. The van der Waals surface area contributed by atoms with Crippen LogP contribution in [0.3, 0.4) is 0 Å². The van der Waals surface area contributed by atoms with Gasteiger partial charge >= 0.3 is 6.08 Å². The summed E-state index contributed by atoms with van der Waals surface area (Å²) < 4.78 is 16.7. The van der Waals surface area contributed by atoms with Crippen molar-refractivity contribution in [3.63, 3.8) is 0 Å². The van der Waals surface area contributed by atoms with Gasteiger partial charge in [0.15, 0.2) is 17.1 Å². The highest BCUT2D eigenvalue weighted by atomic mass is 16.6. The summed E-state index contributed by atoms with van der Waals surface area (Å²) in [6.07, 6.45) is 1.60. The van der Waals surface area contributed by atoms with Crippen LogP contribution in [0.4, 0.5) is 0 Å². The Hall–Kier alpha value is -2.53. The van der Waals surface area contributed by atoms with Gasteiger partial charge in [0.1, 0.15) is 5.52 Å². The Bertz CT molecular complexity index is 800. The van der Waals surface area contributed by atoms with E-state index in [4.69, 9.17) is 13.9 Å². The van der Waals surface area contributed by atoms with Crippen LogP contribution in [0.2, 0.25) is 0 Å². The standard InChI is InChI=1S/C19H21NO4/c1-19(2,21)11-10-13-8-9-16(17(12-13)22-3)24-18-20-14-6-4-5-7-15(14)23-18/h4-9,12,21H,10-11H2,1-3H3. The molecule has 24 heavy (non-hydrogen) atoms. The van der Waals surface area contributed by atoms with Gasteiger partial charge in [-0.15, -0.1) is 0 Å². The Morgan fingerprint density at radius 3 is 2.62 bits per heavy atom. The summed E-state index contributed by atoms with van der Waals surface area (Å²) in [6, 6.07) is 13.2. The van der Waals surface area contributed by atoms with Crippen molar-refractivity contribution in [2.45, 2.75) is 32.3 Å². The molecule has 3 aromatic rings. The number of hydrogen-bond acceptors (Lipinski definition) is 5. The summed E-state index contributed by atoms with van der Waals surface area (Å²) in [5.74, 6) is 1.14. The molecule has 0 atom stereocenters. The van der Waals surface area contributed by atoms with Crippen molar-refractivity contribution >= 4 is 11.1 Å². The third kappa shape index (κ3) is 3.86. The van der Waals surface area contributed by atoms with Crippen LogP contribution in [0.5, 0.6) is 17.6 Å². The first-order chi connectivity index (χ1) is 11.4. The number of para-hydroxylation sites is 2. The van der Waals surface area contributed by atoms with Crippen molar-refractivity contribution in [2.24, 2.45) is 0 Å². The fourth-order valence-corrected chi connectivity index (χ4v) is 2.39. The van der Waals surface area contributed by atoms with Crippen LogP contribution in [-0.4, -0.2) is 22.8 Å². The molecule has 0 fully saturated rings. The Labute approximate surface area is 140 Å². The summed E-state index contributed by atoms with van der Waals surface area (Å²) >= 11 is 0. The van der Waals surface area contributed by atoms with E-state index < -0.39 is 5.60 Å². The second-order valence-electron chi connectivity index (χ2n) is 6.35. The third-order valence-corrected chi connectivity index (χ3v) is 3.73. The van der Waals surface area contributed by atoms with E-state index >= 15 is 0 Å². The van der Waals surface area contributed by atoms with Gasteiger partial charge in [-0.1, -0.05) is 18.2 Å². The Morgan fingerprint density at radius 1 is 1.12 bits per heavy atom. The molecule has 0 aliphatic rings. The molecule has 5 nitrogen and oxygen atoms in total. The number of ether oxygens (including phenoxy) is 2. The number of rotatable bonds is 6. The number of methoxy groups -OCH3 is 1. The van der Waals surface area contributed by atoms with Crippen LogP contribution in [0.25, 0.3) is 11.1 Å². The average Bonchev–Trinajstić information content (AvgIpc) is 2.95. The number of aromatic nitrogens is 1. The normalized spacial score (nSPS) is 11.7. The van der Waals surface area contributed by atoms with Gasteiger partial charge in [-0.05, 0) is 56.5 Å². The van der Waals surface area contributed by atoms with Crippen LogP contribution in [0, 0.1) is 0 Å². The predicted octanol–water partition coefficient (Wildman–Crippen LogP) is 4.33. The van der Waals surface area contributed by atoms with E-state index in [-0.39, 0.29) is 6.08 Å².